The van der Waals surface area contributed by atoms with Crippen molar-refractivity contribution in [1.29, 1.82) is 0 Å². The van der Waals surface area contributed by atoms with Gasteiger partial charge in [0.25, 0.3) is 0 Å². The van der Waals surface area contributed by atoms with Crippen molar-refractivity contribution >= 4 is 21.0 Å². The molecule has 1 fully saturated rings. The predicted octanol–water partition coefficient (Wildman–Crippen LogP) is 3.41. The number of fused-ring (bicyclic) bond motifs is 2. The zero-order valence-electron chi connectivity index (χ0n) is 18.6. The number of nitrogens with zero attached hydrogens (tertiary/aromatic N) is 2. The fourth-order valence-corrected chi connectivity index (χ4v) is 6.81. The van der Waals surface area contributed by atoms with Crippen LogP contribution >= 0.6 is 0 Å². The molecule has 0 spiro atoms. The summed E-state index contributed by atoms with van der Waals surface area (Å²) in [5.74, 6) is 0. The van der Waals surface area contributed by atoms with Crippen molar-refractivity contribution in [3.63, 3.8) is 0 Å². The van der Waals surface area contributed by atoms with Gasteiger partial charge >= 0.3 is 0 Å². The fourth-order valence-electron chi connectivity index (χ4n) is 5.10. The summed E-state index contributed by atoms with van der Waals surface area (Å²) in [7, 11) is -1.74. The molecular formula is C25H31N3O3S. The monoisotopic (exact) mass is 453 g/mol. The molecule has 2 aliphatic heterocycles. The summed E-state index contributed by atoms with van der Waals surface area (Å²) in [5, 5.41) is 4.52. The average molecular weight is 454 g/mol. The summed E-state index contributed by atoms with van der Waals surface area (Å²) in [6.07, 6.45) is 5.30. The quantitative estimate of drug-likeness (QED) is 0.620. The molecule has 0 saturated carbocycles. The van der Waals surface area contributed by atoms with Crippen molar-refractivity contribution in [2.45, 2.75) is 43.2 Å². The van der Waals surface area contributed by atoms with Gasteiger partial charge in [0, 0.05) is 31.6 Å². The molecule has 0 unspecified atom stereocenters. The number of hydrogen-bond acceptors (Lipinski definition) is 5. The van der Waals surface area contributed by atoms with Gasteiger partial charge in [-0.3, -0.25) is 0 Å². The third-order valence-electron chi connectivity index (χ3n) is 7.08. The molecule has 3 aromatic rings. The topological polar surface area (TPSA) is 65.8 Å². The van der Waals surface area contributed by atoms with Crippen molar-refractivity contribution in [3.8, 4) is 0 Å². The van der Waals surface area contributed by atoms with E-state index in [2.05, 4.69) is 16.3 Å². The van der Waals surface area contributed by atoms with E-state index in [9.17, 15) is 8.42 Å². The number of hydrogen-bond donors (Lipinski definition) is 1. The third kappa shape index (κ3) is 4.10. The van der Waals surface area contributed by atoms with E-state index in [0.717, 1.165) is 75.1 Å². The van der Waals surface area contributed by atoms with E-state index in [1.54, 1.807) is 17.4 Å². The fraction of sp³-hybridized carbons (Fsp3) is 0.440. The van der Waals surface area contributed by atoms with Crippen LogP contribution in [0.2, 0.25) is 0 Å². The lowest BCUT2D eigenvalue weighted by Crippen LogP contribution is -2.46. The smallest absolute Gasteiger partial charge is 0.243 e. The van der Waals surface area contributed by atoms with Crippen molar-refractivity contribution in [1.82, 2.24) is 14.5 Å². The van der Waals surface area contributed by atoms with E-state index in [0.29, 0.717) is 4.90 Å². The highest BCUT2D eigenvalue weighted by atomic mass is 32.2. The van der Waals surface area contributed by atoms with Crippen LogP contribution < -0.4 is 5.32 Å². The minimum atomic E-state index is -3.49. The van der Waals surface area contributed by atoms with Crippen LogP contribution in [0.4, 0.5) is 0 Å². The molecule has 6 nitrogen and oxygen atoms in total. The Balaban J connectivity index is 1.21. The van der Waals surface area contributed by atoms with Crippen LogP contribution in [0.5, 0.6) is 0 Å². The Hall–Kier alpha value is -2.19. The van der Waals surface area contributed by atoms with E-state index >= 15 is 0 Å². The minimum Gasteiger partial charge on any atom is -0.464 e. The number of furan rings is 1. The van der Waals surface area contributed by atoms with Gasteiger partial charge < -0.3 is 14.6 Å². The molecule has 2 aromatic carbocycles. The van der Waals surface area contributed by atoms with Gasteiger partial charge in [-0.15, -0.1) is 0 Å². The first-order valence-corrected chi connectivity index (χ1v) is 12.9. The molecule has 1 N–H and O–H groups in total. The maximum absolute atomic E-state index is 13.5. The van der Waals surface area contributed by atoms with Gasteiger partial charge in [-0.05, 0) is 74.1 Å². The van der Waals surface area contributed by atoms with Gasteiger partial charge in [0.05, 0.1) is 11.2 Å². The highest BCUT2D eigenvalue weighted by molar-refractivity contribution is 7.89. The van der Waals surface area contributed by atoms with E-state index < -0.39 is 10.0 Å². The van der Waals surface area contributed by atoms with E-state index in [-0.39, 0.29) is 6.04 Å². The molecule has 0 atom stereocenters. The number of piperidine rings is 1. The van der Waals surface area contributed by atoms with Crippen LogP contribution in [0.1, 0.15) is 29.5 Å². The largest absolute Gasteiger partial charge is 0.464 e. The van der Waals surface area contributed by atoms with Crippen LogP contribution in [0, 0.1) is 0 Å². The van der Waals surface area contributed by atoms with Crippen molar-refractivity contribution in [2.24, 2.45) is 0 Å². The van der Waals surface area contributed by atoms with E-state index in [4.69, 9.17) is 4.42 Å². The molecule has 7 heteroatoms. The maximum atomic E-state index is 13.5. The van der Waals surface area contributed by atoms with Crippen LogP contribution in [-0.4, -0.2) is 56.9 Å². The van der Waals surface area contributed by atoms with Crippen LogP contribution in [0.3, 0.4) is 0 Å². The molecule has 0 aliphatic carbocycles. The Kier molecular flexibility index (Phi) is 6.07. The summed E-state index contributed by atoms with van der Waals surface area (Å²) in [6, 6.07) is 13.9. The second-order valence-corrected chi connectivity index (χ2v) is 10.9. The molecule has 0 bridgehead atoms. The van der Waals surface area contributed by atoms with Crippen LogP contribution in [0.15, 0.2) is 58.0 Å². The second kappa shape index (κ2) is 8.98. The summed E-state index contributed by atoms with van der Waals surface area (Å²) in [5.41, 5.74) is 4.27. The number of nitrogens with one attached hydrogen (secondary N) is 1. The maximum Gasteiger partial charge on any atom is 0.243 e. The summed E-state index contributed by atoms with van der Waals surface area (Å²) >= 11 is 0. The van der Waals surface area contributed by atoms with Crippen LogP contribution in [0.25, 0.3) is 11.0 Å². The lowest BCUT2D eigenvalue weighted by Gasteiger charge is -2.36. The Labute approximate surface area is 190 Å². The zero-order valence-corrected chi connectivity index (χ0v) is 19.4. The summed E-state index contributed by atoms with van der Waals surface area (Å²) < 4.78 is 34.2. The zero-order chi connectivity index (χ0) is 22.1. The lowest BCUT2D eigenvalue weighted by atomic mass is 10.0. The Morgan fingerprint density at radius 2 is 1.94 bits per heavy atom. The van der Waals surface area contributed by atoms with Crippen LogP contribution in [-0.2, 0) is 29.4 Å². The first-order chi connectivity index (χ1) is 15.5. The van der Waals surface area contributed by atoms with Gasteiger partial charge in [-0.2, -0.15) is 4.31 Å². The highest BCUT2D eigenvalue weighted by Gasteiger charge is 2.33. The van der Waals surface area contributed by atoms with E-state index in [1.165, 1.54) is 10.9 Å². The predicted molar refractivity (Wildman–Crippen MR) is 126 cm³/mol. The Morgan fingerprint density at radius 1 is 1.12 bits per heavy atom. The lowest BCUT2D eigenvalue weighted by molar-refractivity contribution is 0.171. The first-order valence-electron chi connectivity index (χ1n) is 11.5. The van der Waals surface area contributed by atoms with Crippen molar-refractivity contribution < 1.29 is 12.8 Å². The molecular weight excluding hydrogens is 422 g/mol. The molecule has 0 amide bonds. The molecule has 1 saturated heterocycles. The van der Waals surface area contributed by atoms with Crippen molar-refractivity contribution in [3.05, 3.63) is 65.4 Å². The number of sulfonamides is 1. The van der Waals surface area contributed by atoms with Gasteiger partial charge in [0.15, 0.2) is 0 Å². The first kappa shape index (κ1) is 21.6. The van der Waals surface area contributed by atoms with E-state index in [1.807, 2.05) is 36.6 Å². The average Bonchev–Trinajstić information content (AvgIpc) is 3.25. The SMILES string of the molecule is CN(C1CCN(CCc2coc3ccccc23)CC1)S(=O)(=O)c1cccc2c1CCNC2. The second-order valence-electron chi connectivity index (χ2n) is 8.92. The number of benzene rings is 2. The highest BCUT2D eigenvalue weighted by Crippen LogP contribution is 2.29. The van der Waals surface area contributed by atoms with Gasteiger partial charge in [0.1, 0.15) is 5.58 Å². The number of rotatable bonds is 6. The number of para-hydroxylation sites is 1. The molecule has 2 aliphatic rings. The standard InChI is InChI=1S/C25H31N3O3S/c1-27(32(29,30)25-8-4-5-19-17-26-13-9-23(19)25)21-11-15-28(16-12-21)14-10-20-18-31-24-7-3-2-6-22(20)24/h2-8,18,21,26H,9-17H2,1H3. The van der Waals surface area contributed by atoms with Gasteiger partial charge in [0.2, 0.25) is 10.0 Å². The normalized spacial score (nSPS) is 18.3. The third-order valence-corrected chi connectivity index (χ3v) is 9.08. The Bertz CT molecular complexity index is 1200. The molecule has 3 heterocycles. The van der Waals surface area contributed by atoms with Gasteiger partial charge in [-0.25, -0.2) is 8.42 Å². The molecule has 5 rings (SSSR count). The molecule has 1 aromatic heterocycles. The van der Waals surface area contributed by atoms with Crippen molar-refractivity contribution in [2.75, 3.05) is 33.2 Å². The summed E-state index contributed by atoms with van der Waals surface area (Å²) in [4.78, 5) is 2.93. The molecule has 32 heavy (non-hydrogen) atoms. The van der Waals surface area contributed by atoms with Gasteiger partial charge in [-0.1, -0.05) is 30.3 Å². The minimum absolute atomic E-state index is 0.0450. The summed E-state index contributed by atoms with van der Waals surface area (Å²) in [6.45, 7) is 4.36. The molecule has 170 valence electrons. The number of likely N-dealkylation sites (tertiary alicyclic amines) is 1. The molecule has 0 radical (unpaired) electrons. The Morgan fingerprint density at radius 3 is 2.78 bits per heavy atom.